The zero-order valence-corrected chi connectivity index (χ0v) is 5.95. The van der Waals surface area contributed by atoms with Crippen LogP contribution in [-0.4, -0.2) is 37.5 Å². The van der Waals surface area contributed by atoms with Crippen LogP contribution in [0.1, 0.15) is 6.92 Å². The van der Waals surface area contributed by atoms with Gasteiger partial charge in [0.1, 0.15) is 6.10 Å². The maximum absolute atomic E-state index is 9.72. The molecule has 4 heteroatoms. The lowest BCUT2D eigenvalue weighted by Gasteiger charge is -2.08. The summed E-state index contributed by atoms with van der Waals surface area (Å²) in [4.78, 5) is 9.72. The number of ether oxygens (including phenoxy) is 2. The third kappa shape index (κ3) is 5.53. The molecule has 0 saturated carbocycles. The number of hydrogen-bond donors (Lipinski definition) is 1. The normalized spacial score (nSPS) is 12.6. The third-order valence-corrected chi connectivity index (χ3v) is 0.876. The molecule has 0 aromatic carbocycles. The van der Waals surface area contributed by atoms with Crippen molar-refractivity contribution in [3.63, 3.8) is 0 Å². The zero-order valence-electron chi connectivity index (χ0n) is 5.95. The summed E-state index contributed by atoms with van der Waals surface area (Å²) in [5.74, 6) is 0. The third-order valence-electron chi connectivity index (χ3n) is 0.876. The monoisotopic (exact) mass is 148 g/mol. The standard InChI is InChI=1S/C6H12O4/c1-6(10-5-8)4-9-3-2-7/h5-7H,2-4H2,1H3/t6-/m1/s1. The van der Waals surface area contributed by atoms with Crippen LogP contribution in [0.3, 0.4) is 0 Å². The average molecular weight is 148 g/mol. The van der Waals surface area contributed by atoms with Crippen LogP contribution in [0, 0.1) is 0 Å². The SMILES string of the molecule is C[C@H](COCCO)OC=O. The average Bonchev–Trinajstić information content (AvgIpc) is 1.89. The van der Waals surface area contributed by atoms with E-state index < -0.39 is 0 Å². The molecular weight excluding hydrogens is 136 g/mol. The fourth-order valence-corrected chi connectivity index (χ4v) is 0.448. The molecule has 0 radical (unpaired) electrons. The first-order valence-corrected chi connectivity index (χ1v) is 3.09. The van der Waals surface area contributed by atoms with Crippen molar-refractivity contribution in [3.05, 3.63) is 0 Å². The zero-order chi connectivity index (χ0) is 7.82. The molecule has 1 N–H and O–H groups in total. The summed E-state index contributed by atoms with van der Waals surface area (Å²) in [6.07, 6.45) is -0.232. The summed E-state index contributed by atoms with van der Waals surface area (Å²) in [6.45, 7) is 2.71. The van der Waals surface area contributed by atoms with Gasteiger partial charge in [0.05, 0.1) is 19.8 Å². The van der Waals surface area contributed by atoms with Gasteiger partial charge in [-0.3, -0.25) is 4.79 Å². The van der Waals surface area contributed by atoms with Crippen LogP contribution < -0.4 is 0 Å². The first kappa shape index (κ1) is 9.39. The van der Waals surface area contributed by atoms with E-state index in [9.17, 15) is 4.79 Å². The molecule has 0 heterocycles. The van der Waals surface area contributed by atoms with Crippen LogP contribution >= 0.6 is 0 Å². The second kappa shape index (κ2) is 6.51. The van der Waals surface area contributed by atoms with Crippen LogP contribution in [0.5, 0.6) is 0 Å². The van der Waals surface area contributed by atoms with Crippen molar-refractivity contribution in [1.29, 1.82) is 0 Å². The molecule has 0 aliphatic heterocycles. The van der Waals surface area contributed by atoms with E-state index in [0.29, 0.717) is 13.1 Å². The summed E-state index contributed by atoms with van der Waals surface area (Å²) in [5.41, 5.74) is 0. The summed E-state index contributed by atoms with van der Waals surface area (Å²) >= 11 is 0. The molecule has 0 rings (SSSR count). The number of aliphatic hydroxyl groups excluding tert-OH is 1. The van der Waals surface area contributed by atoms with E-state index in [2.05, 4.69) is 4.74 Å². The molecule has 0 aliphatic carbocycles. The van der Waals surface area contributed by atoms with Crippen molar-refractivity contribution in [2.45, 2.75) is 13.0 Å². The molecule has 0 fully saturated rings. The number of carbonyl (C=O) groups excluding carboxylic acids is 1. The molecule has 60 valence electrons. The van der Waals surface area contributed by atoms with Crippen LogP contribution in [0.15, 0.2) is 0 Å². The van der Waals surface area contributed by atoms with E-state index in [0.717, 1.165) is 0 Å². The molecule has 0 aromatic heterocycles. The van der Waals surface area contributed by atoms with Gasteiger partial charge in [-0.25, -0.2) is 0 Å². The van der Waals surface area contributed by atoms with Crippen LogP contribution in [0.2, 0.25) is 0 Å². The van der Waals surface area contributed by atoms with Crippen molar-refractivity contribution in [1.82, 2.24) is 0 Å². The largest absolute Gasteiger partial charge is 0.462 e. The Kier molecular flexibility index (Phi) is 6.11. The molecule has 1 atom stereocenters. The van der Waals surface area contributed by atoms with Crippen molar-refractivity contribution in [2.24, 2.45) is 0 Å². The minimum absolute atomic E-state index is 0.00614. The molecule has 0 unspecified atom stereocenters. The highest BCUT2D eigenvalue weighted by Gasteiger charge is 1.99. The van der Waals surface area contributed by atoms with Crippen molar-refractivity contribution in [2.75, 3.05) is 19.8 Å². The van der Waals surface area contributed by atoms with Gasteiger partial charge >= 0.3 is 0 Å². The number of carbonyl (C=O) groups is 1. The van der Waals surface area contributed by atoms with Gasteiger partial charge in [-0.15, -0.1) is 0 Å². The molecule has 0 saturated heterocycles. The molecule has 0 spiro atoms. The Hall–Kier alpha value is -0.610. The van der Waals surface area contributed by atoms with Crippen LogP contribution in [-0.2, 0) is 14.3 Å². The van der Waals surface area contributed by atoms with Crippen molar-refractivity contribution >= 4 is 6.47 Å². The van der Waals surface area contributed by atoms with E-state index in [1.54, 1.807) is 6.92 Å². The van der Waals surface area contributed by atoms with Gasteiger partial charge in [0.25, 0.3) is 6.47 Å². The molecule has 10 heavy (non-hydrogen) atoms. The van der Waals surface area contributed by atoms with E-state index >= 15 is 0 Å². The smallest absolute Gasteiger partial charge is 0.293 e. The summed E-state index contributed by atoms with van der Waals surface area (Å²) < 4.78 is 9.36. The molecule has 0 amide bonds. The highest BCUT2D eigenvalue weighted by molar-refractivity contribution is 5.37. The summed E-state index contributed by atoms with van der Waals surface area (Å²) in [5, 5.41) is 8.27. The fourth-order valence-electron chi connectivity index (χ4n) is 0.448. The molecule has 0 bridgehead atoms. The summed E-state index contributed by atoms with van der Waals surface area (Å²) in [6, 6.07) is 0. The predicted octanol–water partition coefficient (Wildman–Crippen LogP) is -0.443. The molecule has 4 nitrogen and oxygen atoms in total. The van der Waals surface area contributed by atoms with Gasteiger partial charge < -0.3 is 14.6 Å². The van der Waals surface area contributed by atoms with E-state index in [1.165, 1.54) is 0 Å². The molecule has 0 aliphatic rings. The Balaban J connectivity index is 3.04. The maximum Gasteiger partial charge on any atom is 0.293 e. The van der Waals surface area contributed by atoms with E-state index in [-0.39, 0.29) is 19.3 Å². The van der Waals surface area contributed by atoms with E-state index in [4.69, 9.17) is 9.84 Å². The second-order valence-electron chi connectivity index (χ2n) is 1.84. The Labute approximate surface area is 59.7 Å². The summed E-state index contributed by atoms with van der Waals surface area (Å²) in [7, 11) is 0. The van der Waals surface area contributed by atoms with Gasteiger partial charge in [0.2, 0.25) is 0 Å². The number of hydrogen-bond acceptors (Lipinski definition) is 4. The first-order valence-electron chi connectivity index (χ1n) is 3.09. The van der Waals surface area contributed by atoms with Gasteiger partial charge in [0.15, 0.2) is 0 Å². The van der Waals surface area contributed by atoms with Gasteiger partial charge in [-0.1, -0.05) is 0 Å². The molecule has 0 aromatic rings. The second-order valence-corrected chi connectivity index (χ2v) is 1.84. The minimum atomic E-state index is -0.232. The highest BCUT2D eigenvalue weighted by atomic mass is 16.6. The lowest BCUT2D eigenvalue weighted by atomic mass is 10.4. The lowest BCUT2D eigenvalue weighted by Crippen LogP contribution is -2.16. The predicted molar refractivity (Wildman–Crippen MR) is 34.5 cm³/mol. The molecular formula is C6H12O4. The highest BCUT2D eigenvalue weighted by Crippen LogP contribution is 1.87. The Morgan fingerprint density at radius 2 is 2.40 bits per heavy atom. The number of aliphatic hydroxyl groups is 1. The quantitative estimate of drug-likeness (QED) is 0.409. The van der Waals surface area contributed by atoms with Gasteiger partial charge in [-0.2, -0.15) is 0 Å². The van der Waals surface area contributed by atoms with E-state index in [1.807, 2.05) is 0 Å². The fraction of sp³-hybridized carbons (Fsp3) is 0.833. The topological polar surface area (TPSA) is 55.8 Å². The van der Waals surface area contributed by atoms with Crippen LogP contribution in [0.25, 0.3) is 0 Å². The maximum atomic E-state index is 9.72. The number of rotatable bonds is 6. The minimum Gasteiger partial charge on any atom is -0.462 e. The Bertz CT molecular complexity index is 83.8. The Morgan fingerprint density at radius 1 is 1.70 bits per heavy atom. The van der Waals surface area contributed by atoms with Crippen LogP contribution in [0.4, 0.5) is 0 Å². The van der Waals surface area contributed by atoms with Gasteiger partial charge in [0, 0.05) is 0 Å². The first-order chi connectivity index (χ1) is 4.81. The van der Waals surface area contributed by atoms with Gasteiger partial charge in [-0.05, 0) is 6.92 Å². The lowest BCUT2D eigenvalue weighted by molar-refractivity contribution is -0.135. The Morgan fingerprint density at radius 3 is 2.90 bits per heavy atom. The van der Waals surface area contributed by atoms with Crippen molar-refractivity contribution in [3.8, 4) is 0 Å². The van der Waals surface area contributed by atoms with Crippen molar-refractivity contribution < 1.29 is 19.4 Å².